The molecule has 5 aliphatic carbocycles. The van der Waals surface area contributed by atoms with Crippen LogP contribution >= 0.6 is 0 Å². The van der Waals surface area contributed by atoms with E-state index in [0.717, 1.165) is 57.8 Å². The summed E-state index contributed by atoms with van der Waals surface area (Å²) in [5.74, 6) is 1.33. The van der Waals surface area contributed by atoms with Gasteiger partial charge < -0.3 is 20.5 Å². The van der Waals surface area contributed by atoms with Gasteiger partial charge in [-0.25, -0.2) is 4.79 Å². The van der Waals surface area contributed by atoms with Gasteiger partial charge in [-0.3, -0.25) is 9.59 Å². The zero-order valence-electron chi connectivity index (χ0n) is 29.0. The molecule has 2 unspecified atom stereocenters. The number of rotatable bonds is 5. The zero-order chi connectivity index (χ0) is 32.5. The molecule has 4 saturated carbocycles. The Hall–Kier alpha value is -1.89. The predicted octanol–water partition coefficient (Wildman–Crippen LogP) is 6.97. The smallest absolute Gasteiger partial charge is 0.407 e. The molecule has 0 bridgehead atoms. The number of aliphatic hydroxyl groups excluding tert-OH is 1. The Labute approximate surface area is 266 Å². The van der Waals surface area contributed by atoms with Crippen LogP contribution in [-0.4, -0.2) is 47.7 Å². The van der Waals surface area contributed by atoms with Crippen molar-refractivity contribution in [2.24, 2.45) is 50.7 Å². The molecule has 5 rings (SSSR count). The lowest BCUT2D eigenvalue weighted by molar-refractivity contribution is -0.188. The van der Waals surface area contributed by atoms with E-state index in [0.29, 0.717) is 37.1 Å². The molecule has 5 aliphatic rings. The molecule has 2 amide bonds. The Morgan fingerprint density at radius 1 is 0.886 bits per heavy atom. The Bertz CT molecular complexity index is 1200. The van der Waals surface area contributed by atoms with Crippen LogP contribution in [0.1, 0.15) is 127 Å². The number of fused-ring (bicyclic) bond motifs is 7. The molecule has 0 radical (unpaired) electrons. The van der Waals surface area contributed by atoms with E-state index in [-0.39, 0.29) is 45.5 Å². The summed E-state index contributed by atoms with van der Waals surface area (Å²) in [4.78, 5) is 40.0. The first kappa shape index (κ1) is 33.5. The molecule has 0 heterocycles. The number of ether oxygens (including phenoxy) is 1. The fourth-order valence-electron chi connectivity index (χ4n) is 11.1. The molecule has 7 heteroatoms. The van der Waals surface area contributed by atoms with Crippen molar-refractivity contribution in [3.63, 3.8) is 0 Å². The number of aliphatic hydroxyl groups is 1. The van der Waals surface area contributed by atoms with Crippen LogP contribution in [0, 0.1) is 50.7 Å². The van der Waals surface area contributed by atoms with Gasteiger partial charge in [0.2, 0.25) is 5.91 Å². The monoisotopic (exact) mass is 612 g/mol. The summed E-state index contributed by atoms with van der Waals surface area (Å²) in [5.41, 5.74) is 0.0532. The number of hydrogen-bond donors (Lipinski definition) is 3. The van der Waals surface area contributed by atoms with Gasteiger partial charge in [-0.1, -0.05) is 47.1 Å². The van der Waals surface area contributed by atoms with Crippen molar-refractivity contribution in [3.8, 4) is 0 Å². The van der Waals surface area contributed by atoms with Gasteiger partial charge >= 0.3 is 6.09 Å². The summed E-state index contributed by atoms with van der Waals surface area (Å²) in [6.07, 6.45) is 10.6. The number of amides is 2. The van der Waals surface area contributed by atoms with E-state index in [1.54, 1.807) is 0 Å². The van der Waals surface area contributed by atoms with Crippen molar-refractivity contribution in [1.29, 1.82) is 0 Å². The van der Waals surface area contributed by atoms with Crippen LogP contribution in [0.5, 0.6) is 0 Å². The molecular weight excluding hydrogens is 552 g/mol. The maximum absolute atomic E-state index is 14.4. The summed E-state index contributed by atoms with van der Waals surface area (Å²) < 4.78 is 5.30. The van der Waals surface area contributed by atoms with Crippen LogP contribution < -0.4 is 10.6 Å². The summed E-state index contributed by atoms with van der Waals surface area (Å²) in [6.45, 7) is 20.2. The number of carbonyl (C=O) groups excluding carboxylic acids is 3. The van der Waals surface area contributed by atoms with E-state index >= 15 is 0 Å². The fraction of sp³-hybridized carbons (Fsp3) is 0.865. The van der Waals surface area contributed by atoms with Gasteiger partial charge in [-0.15, -0.1) is 0 Å². The third kappa shape index (κ3) is 5.55. The first-order valence-electron chi connectivity index (χ1n) is 17.5. The first-order valence-corrected chi connectivity index (χ1v) is 17.5. The normalized spacial score (nSPS) is 42.9. The summed E-state index contributed by atoms with van der Waals surface area (Å²) in [7, 11) is 0. The highest BCUT2D eigenvalue weighted by Gasteiger charge is 2.67. The van der Waals surface area contributed by atoms with Crippen molar-refractivity contribution in [2.45, 2.75) is 138 Å². The minimum absolute atomic E-state index is 0.00815. The van der Waals surface area contributed by atoms with Crippen LogP contribution in [0.15, 0.2) is 11.6 Å². The molecule has 3 N–H and O–H groups in total. The largest absolute Gasteiger partial charge is 0.444 e. The predicted molar refractivity (Wildman–Crippen MR) is 173 cm³/mol. The van der Waals surface area contributed by atoms with E-state index in [9.17, 15) is 19.5 Å². The van der Waals surface area contributed by atoms with E-state index in [1.807, 2.05) is 20.8 Å². The average molecular weight is 613 g/mol. The van der Waals surface area contributed by atoms with Crippen LogP contribution in [0.25, 0.3) is 0 Å². The summed E-state index contributed by atoms with van der Waals surface area (Å²) >= 11 is 0. The molecule has 0 aromatic carbocycles. The Morgan fingerprint density at radius 2 is 1.55 bits per heavy atom. The van der Waals surface area contributed by atoms with Gasteiger partial charge in [0.15, 0.2) is 5.78 Å². The highest BCUT2D eigenvalue weighted by Crippen LogP contribution is 2.71. The first-order chi connectivity index (χ1) is 20.3. The molecule has 0 aromatic heterocycles. The van der Waals surface area contributed by atoms with Gasteiger partial charge in [-0.05, 0) is 130 Å². The van der Waals surface area contributed by atoms with E-state index in [4.69, 9.17) is 4.74 Å². The summed E-state index contributed by atoms with van der Waals surface area (Å²) in [5, 5.41) is 16.9. The molecule has 0 aromatic rings. The molecule has 248 valence electrons. The number of allylic oxidation sites excluding steroid dienone is 2. The second-order valence-electron chi connectivity index (χ2n) is 18.1. The fourth-order valence-corrected chi connectivity index (χ4v) is 11.1. The van der Waals surface area contributed by atoms with Gasteiger partial charge in [0.1, 0.15) is 5.60 Å². The van der Waals surface area contributed by atoms with Gasteiger partial charge in [-0.2, -0.15) is 0 Å². The Balaban J connectivity index is 1.31. The maximum Gasteiger partial charge on any atom is 0.407 e. The third-order valence-corrected chi connectivity index (χ3v) is 13.6. The lowest BCUT2D eigenvalue weighted by atomic mass is 9.37. The van der Waals surface area contributed by atoms with Gasteiger partial charge in [0.25, 0.3) is 0 Å². The van der Waals surface area contributed by atoms with Gasteiger partial charge in [0.05, 0.1) is 6.10 Å². The van der Waals surface area contributed by atoms with Crippen molar-refractivity contribution < 1.29 is 24.2 Å². The van der Waals surface area contributed by atoms with E-state index in [2.05, 4.69) is 58.3 Å². The average Bonchev–Trinajstić information content (AvgIpc) is 2.90. The lowest BCUT2D eigenvalue weighted by Crippen LogP contribution is -2.64. The second-order valence-corrected chi connectivity index (χ2v) is 18.1. The molecule has 0 spiro atoms. The Morgan fingerprint density at radius 3 is 2.23 bits per heavy atom. The molecule has 0 aliphatic heterocycles. The minimum Gasteiger partial charge on any atom is -0.444 e. The topological polar surface area (TPSA) is 105 Å². The molecule has 7 nitrogen and oxygen atoms in total. The highest BCUT2D eigenvalue weighted by molar-refractivity contribution is 5.95. The number of ketones is 1. The summed E-state index contributed by atoms with van der Waals surface area (Å²) in [6, 6.07) is 0. The van der Waals surface area contributed by atoms with Crippen LogP contribution in [-0.2, 0) is 14.3 Å². The second kappa shape index (κ2) is 11.1. The minimum atomic E-state index is -0.537. The van der Waals surface area contributed by atoms with Crippen LogP contribution in [0.2, 0.25) is 0 Å². The quantitative estimate of drug-likeness (QED) is 0.291. The van der Waals surface area contributed by atoms with Crippen molar-refractivity contribution in [1.82, 2.24) is 10.6 Å². The van der Waals surface area contributed by atoms with Gasteiger partial charge in [0, 0.05) is 24.4 Å². The molecule has 0 saturated heterocycles. The van der Waals surface area contributed by atoms with Crippen molar-refractivity contribution in [3.05, 3.63) is 11.6 Å². The molecule has 4 fully saturated rings. The third-order valence-electron chi connectivity index (χ3n) is 13.6. The zero-order valence-corrected chi connectivity index (χ0v) is 29.0. The van der Waals surface area contributed by atoms with E-state index in [1.165, 1.54) is 5.57 Å². The maximum atomic E-state index is 14.4. The SMILES string of the molecule is CC(C)(C)OC(=O)NCCCNC(=O)[C@@]1(C)CC[C@]2(C)CCC3C(=CC(=O)[C@@H]4[C@@]5(C)CC[C@H](O)C(C)(C)[C@@H]5CC[C@@]34C)C2C1. The van der Waals surface area contributed by atoms with Crippen molar-refractivity contribution in [2.75, 3.05) is 13.1 Å². The molecule has 44 heavy (non-hydrogen) atoms. The van der Waals surface area contributed by atoms with Crippen LogP contribution in [0.4, 0.5) is 4.79 Å². The number of hydrogen-bond acceptors (Lipinski definition) is 5. The van der Waals surface area contributed by atoms with Crippen molar-refractivity contribution >= 4 is 17.8 Å². The number of alkyl carbamates (subject to hydrolysis) is 1. The van der Waals surface area contributed by atoms with E-state index < -0.39 is 17.1 Å². The Kier molecular flexibility index (Phi) is 8.46. The highest BCUT2D eigenvalue weighted by atomic mass is 16.6. The molecule has 9 atom stereocenters. The number of nitrogens with one attached hydrogen (secondary N) is 2. The van der Waals surface area contributed by atoms with Crippen LogP contribution in [0.3, 0.4) is 0 Å². The lowest BCUT2D eigenvalue weighted by Gasteiger charge is -2.67. The molecular formula is C37H60N2O5. The number of carbonyl (C=O) groups is 3. The standard InChI is InChI=1S/C37H60N2O5/c1-32(2,3)44-31(43)39-20-10-19-38-30(42)35(7)18-17-34(6)14-11-24-23(25(34)22-35)21-26(40)29-36(24,8)15-12-27-33(4,5)28(41)13-16-37(27,29)9/h21,24-25,27-29,41H,10-20,22H2,1-9H3,(H,38,42)(H,39,43)/t24?,25?,27-,28-,29-,34-,35-,36-,37-/m0/s1.